The van der Waals surface area contributed by atoms with E-state index in [0.717, 1.165) is 43.5 Å². The number of hydrogen-bond donors (Lipinski definition) is 1. The summed E-state index contributed by atoms with van der Waals surface area (Å²) in [4.78, 5) is 41.9. The fourth-order valence-electron chi connectivity index (χ4n) is 4.87. The summed E-state index contributed by atoms with van der Waals surface area (Å²) in [7, 11) is 1.74. The Bertz CT molecular complexity index is 1140. The molecule has 10 heteroatoms. The van der Waals surface area contributed by atoms with Crippen LogP contribution in [0.1, 0.15) is 57.8 Å². The molecule has 0 bridgehead atoms. The molecule has 3 heterocycles. The van der Waals surface area contributed by atoms with Crippen LogP contribution in [0.25, 0.3) is 0 Å². The Kier molecular flexibility index (Phi) is 5.83. The Morgan fingerprint density at radius 3 is 2.47 bits per heavy atom. The van der Waals surface area contributed by atoms with Gasteiger partial charge in [0, 0.05) is 50.4 Å². The molecule has 3 amide bonds. The molecule has 0 spiro atoms. The lowest BCUT2D eigenvalue weighted by molar-refractivity contribution is -0.126. The SMILES string of the molecule is Cn1nc(C(=O)N2CCC[C@@H](C(=O)NC3CC3)C2)c2c1CCN(C(=O)c1c(F)cccc1F)C2. The quantitative estimate of drug-likeness (QED) is 0.739. The largest absolute Gasteiger partial charge is 0.353 e. The number of aromatic nitrogens is 2. The molecule has 1 saturated heterocycles. The topological polar surface area (TPSA) is 87.5 Å². The molecule has 5 rings (SSSR count). The monoisotopic (exact) mass is 471 g/mol. The van der Waals surface area contributed by atoms with Gasteiger partial charge in [0.15, 0.2) is 5.69 Å². The third-order valence-corrected chi connectivity index (χ3v) is 6.91. The van der Waals surface area contributed by atoms with Crippen molar-refractivity contribution in [3.05, 3.63) is 52.3 Å². The number of nitrogens with zero attached hydrogens (tertiary/aromatic N) is 4. The first-order valence-corrected chi connectivity index (χ1v) is 11.7. The second-order valence-electron chi connectivity index (χ2n) is 9.34. The molecule has 2 aliphatic heterocycles. The lowest BCUT2D eigenvalue weighted by atomic mass is 9.96. The highest BCUT2D eigenvalue weighted by Gasteiger charge is 2.36. The van der Waals surface area contributed by atoms with Gasteiger partial charge in [0.2, 0.25) is 5.91 Å². The van der Waals surface area contributed by atoms with E-state index in [1.807, 2.05) is 0 Å². The van der Waals surface area contributed by atoms with Crippen LogP contribution < -0.4 is 5.32 Å². The highest BCUT2D eigenvalue weighted by Crippen LogP contribution is 2.28. The van der Waals surface area contributed by atoms with E-state index in [0.29, 0.717) is 25.1 Å². The first kappa shape index (κ1) is 22.5. The summed E-state index contributed by atoms with van der Waals surface area (Å²) in [6.45, 7) is 1.16. The van der Waals surface area contributed by atoms with E-state index in [1.54, 1.807) is 16.6 Å². The standard InChI is InChI=1S/C24H27F2N5O3/c1-29-19-9-11-31(23(33)20-17(25)5-2-6-18(20)26)13-16(19)21(28-29)24(34)30-10-3-4-14(12-30)22(32)27-15-7-8-15/h2,5-6,14-15H,3-4,7-13H2,1H3,(H,27,32)/t14-/m1/s1. The maximum absolute atomic E-state index is 14.2. The van der Waals surface area contributed by atoms with Gasteiger partial charge in [-0.1, -0.05) is 6.07 Å². The molecule has 2 aromatic rings. The summed E-state index contributed by atoms with van der Waals surface area (Å²) < 4.78 is 30.0. The van der Waals surface area contributed by atoms with Gasteiger partial charge in [0.05, 0.1) is 12.5 Å². The van der Waals surface area contributed by atoms with Crippen LogP contribution in [0.3, 0.4) is 0 Å². The van der Waals surface area contributed by atoms with Gasteiger partial charge in [-0.15, -0.1) is 0 Å². The highest BCUT2D eigenvalue weighted by molar-refractivity contribution is 5.97. The normalized spacial score (nSPS) is 20.1. The fourth-order valence-corrected chi connectivity index (χ4v) is 4.87. The molecule has 1 aromatic heterocycles. The summed E-state index contributed by atoms with van der Waals surface area (Å²) in [6.07, 6.45) is 3.89. The van der Waals surface area contributed by atoms with E-state index < -0.39 is 23.1 Å². The summed E-state index contributed by atoms with van der Waals surface area (Å²) in [5, 5.41) is 7.45. The van der Waals surface area contributed by atoms with Crippen molar-refractivity contribution in [3.63, 3.8) is 0 Å². The zero-order valence-electron chi connectivity index (χ0n) is 19.0. The van der Waals surface area contributed by atoms with Gasteiger partial charge in [-0.25, -0.2) is 8.78 Å². The van der Waals surface area contributed by atoms with Crippen molar-refractivity contribution in [3.8, 4) is 0 Å². The summed E-state index contributed by atoms with van der Waals surface area (Å²) >= 11 is 0. The molecule has 0 unspecified atom stereocenters. The lowest BCUT2D eigenvalue weighted by Crippen LogP contribution is -2.46. The minimum Gasteiger partial charge on any atom is -0.353 e. The van der Waals surface area contributed by atoms with E-state index in [4.69, 9.17) is 0 Å². The Morgan fingerprint density at radius 2 is 1.76 bits per heavy atom. The minimum atomic E-state index is -0.915. The number of rotatable bonds is 4. The third-order valence-electron chi connectivity index (χ3n) is 6.91. The number of carbonyl (C=O) groups is 3. The van der Waals surface area contributed by atoms with Crippen molar-refractivity contribution in [1.82, 2.24) is 24.9 Å². The van der Waals surface area contributed by atoms with Gasteiger partial charge in [0.25, 0.3) is 11.8 Å². The van der Waals surface area contributed by atoms with Crippen molar-refractivity contribution in [2.45, 2.75) is 44.7 Å². The average molecular weight is 472 g/mol. The number of halogens is 2. The maximum atomic E-state index is 14.2. The molecule has 2 fully saturated rings. The van der Waals surface area contributed by atoms with Crippen molar-refractivity contribution in [2.24, 2.45) is 13.0 Å². The zero-order chi connectivity index (χ0) is 24.0. The van der Waals surface area contributed by atoms with Crippen LogP contribution >= 0.6 is 0 Å². The molecule has 1 aromatic carbocycles. The number of piperidine rings is 1. The second kappa shape index (κ2) is 8.81. The minimum absolute atomic E-state index is 0.00765. The smallest absolute Gasteiger partial charge is 0.274 e. The van der Waals surface area contributed by atoms with Gasteiger partial charge in [-0.2, -0.15) is 5.10 Å². The van der Waals surface area contributed by atoms with E-state index in [1.165, 1.54) is 11.0 Å². The fraction of sp³-hybridized carbons (Fsp3) is 0.500. The molecular formula is C24H27F2N5O3. The molecule has 34 heavy (non-hydrogen) atoms. The van der Waals surface area contributed by atoms with Gasteiger partial charge in [-0.3, -0.25) is 19.1 Å². The Labute approximate surface area is 195 Å². The summed E-state index contributed by atoms with van der Waals surface area (Å²) in [5.41, 5.74) is 1.05. The number of aryl methyl sites for hydroxylation is 1. The van der Waals surface area contributed by atoms with Crippen molar-refractivity contribution >= 4 is 17.7 Å². The Morgan fingerprint density at radius 1 is 1.03 bits per heavy atom. The van der Waals surface area contributed by atoms with Crippen LogP contribution in [-0.4, -0.2) is 63.0 Å². The van der Waals surface area contributed by atoms with Crippen molar-refractivity contribution < 1.29 is 23.2 Å². The van der Waals surface area contributed by atoms with Crippen LogP contribution in [0.15, 0.2) is 18.2 Å². The number of hydrogen-bond acceptors (Lipinski definition) is 4. The Balaban J connectivity index is 1.35. The average Bonchev–Trinajstić information content (AvgIpc) is 3.59. The Hall–Kier alpha value is -3.30. The first-order chi connectivity index (χ1) is 16.3. The number of carbonyl (C=O) groups excluding carboxylic acids is 3. The molecule has 180 valence electrons. The maximum Gasteiger partial charge on any atom is 0.274 e. The number of benzene rings is 1. The van der Waals surface area contributed by atoms with E-state index in [-0.39, 0.29) is 42.6 Å². The van der Waals surface area contributed by atoms with Crippen LogP contribution in [0.5, 0.6) is 0 Å². The van der Waals surface area contributed by atoms with Crippen molar-refractivity contribution in [1.29, 1.82) is 0 Å². The molecule has 8 nitrogen and oxygen atoms in total. The second-order valence-corrected chi connectivity index (χ2v) is 9.34. The summed E-state index contributed by atoms with van der Waals surface area (Å²) in [5.74, 6) is -3.12. The third kappa shape index (κ3) is 4.17. The number of amides is 3. The highest BCUT2D eigenvalue weighted by atomic mass is 19.1. The molecule has 3 aliphatic rings. The van der Waals surface area contributed by atoms with E-state index >= 15 is 0 Å². The number of fused-ring (bicyclic) bond motifs is 1. The molecular weight excluding hydrogens is 444 g/mol. The van der Waals surface area contributed by atoms with Gasteiger partial charge in [-0.05, 0) is 37.8 Å². The molecule has 0 radical (unpaired) electrons. The van der Waals surface area contributed by atoms with Crippen molar-refractivity contribution in [2.75, 3.05) is 19.6 Å². The number of likely N-dealkylation sites (tertiary alicyclic amines) is 1. The van der Waals surface area contributed by atoms with Gasteiger partial charge >= 0.3 is 0 Å². The molecule has 1 atom stereocenters. The molecule has 1 aliphatic carbocycles. The molecule has 1 N–H and O–H groups in total. The van der Waals surface area contributed by atoms with E-state index in [2.05, 4.69) is 10.4 Å². The summed E-state index contributed by atoms with van der Waals surface area (Å²) in [6, 6.07) is 3.59. The predicted molar refractivity (Wildman–Crippen MR) is 118 cm³/mol. The van der Waals surface area contributed by atoms with Gasteiger partial charge in [0.1, 0.15) is 17.2 Å². The van der Waals surface area contributed by atoms with Crippen LogP contribution in [-0.2, 0) is 24.8 Å². The van der Waals surface area contributed by atoms with Gasteiger partial charge < -0.3 is 15.1 Å². The predicted octanol–water partition coefficient (Wildman–Crippen LogP) is 2.03. The zero-order valence-corrected chi connectivity index (χ0v) is 19.0. The molecule has 1 saturated carbocycles. The van der Waals surface area contributed by atoms with Crippen LogP contribution in [0, 0.1) is 17.6 Å². The van der Waals surface area contributed by atoms with E-state index in [9.17, 15) is 23.2 Å². The first-order valence-electron chi connectivity index (χ1n) is 11.7. The van der Waals surface area contributed by atoms with Crippen LogP contribution in [0.4, 0.5) is 8.78 Å². The number of nitrogens with one attached hydrogen (secondary N) is 1. The lowest BCUT2D eigenvalue weighted by Gasteiger charge is -2.32. The van der Waals surface area contributed by atoms with Crippen LogP contribution in [0.2, 0.25) is 0 Å².